The first-order chi connectivity index (χ1) is 8.39. The summed E-state index contributed by atoms with van der Waals surface area (Å²) in [6.45, 7) is 9.08. The number of rotatable bonds is 5. The number of allylic oxidation sites excluding steroid dienone is 2. The van der Waals surface area contributed by atoms with Gasteiger partial charge in [0, 0.05) is 12.6 Å². The zero-order valence-corrected chi connectivity index (χ0v) is 11.9. The molecule has 2 aliphatic rings. The minimum absolute atomic E-state index is 0.0721. The quantitative estimate of drug-likeness (QED) is 0.761. The molecule has 0 aliphatic heterocycles. The monoisotopic (exact) mass is 251 g/mol. The van der Waals surface area contributed by atoms with E-state index in [4.69, 9.17) is 5.11 Å². The van der Waals surface area contributed by atoms with E-state index in [0.29, 0.717) is 18.5 Å². The van der Waals surface area contributed by atoms with Crippen molar-refractivity contribution in [2.45, 2.75) is 46.6 Å². The van der Waals surface area contributed by atoms with Crippen LogP contribution in [0.15, 0.2) is 11.6 Å². The molecule has 3 nitrogen and oxygen atoms in total. The van der Waals surface area contributed by atoms with Crippen LogP contribution >= 0.6 is 0 Å². The van der Waals surface area contributed by atoms with Crippen LogP contribution in [0.3, 0.4) is 0 Å². The molecule has 18 heavy (non-hydrogen) atoms. The second kappa shape index (κ2) is 4.69. The summed E-state index contributed by atoms with van der Waals surface area (Å²) in [5.41, 5.74) is 1.36. The van der Waals surface area contributed by atoms with E-state index in [-0.39, 0.29) is 23.8 Å². The van der Waals surface area contributed by atoms with Crippen LogP contribution < -0.4 is 0 Å². The fraction of sp³-hybridized carbons (Fsp3) is 0.800. The van der Waals surface area contributed by atoms with E-state index in [1.54, 1.807) is 0 Å². The molecule has 2 fully saturated rings. The van der Waals surface area contributed by atoms with Crippen molar-refractivity contribution in [3.63, 3.8) is 0 Å². The van der Waals surface area contributed by atoms with Gasteiger partial charge in [-0.1, -0.05) is 25.5 Å². The predicted molar refractivity (Wildman–Crippen MR) is 72.0 cm³/mol. The first kappa shape index (κ1) is 13.6. The van der Waals surface area contributed by atoms with Crippen molar-refractivity contribution >= 4 is 5.91 Å². The Kier molecular flexibility index (Phi) is 3.54. The van der Waals surface area contributed by atoms with Crippen molar-refractivity contribution in [2.24, 2.45) is 17.3 Å². The van der Waals surface area contributed by atoms with Gasteiger partial charge >= 0.3 is 0 Å². The molecule has 0 spiro atoms. The van der Waals surface area contributed by atoms with Crippen molar-refractivity contribution in [1.82, 2.24) is 4.90 Å². The van der Waals surface area contributed by atoms with Crippen LogP contribution in [0, 0.1) is 17.3 Å². The fourth-order valence-corrected chi connectivity index (χ4v) is 2.96. The molecular weight excluding hydrogens is 226 g/mol. The lowest BCUT2D eigenvalue weighted by Gasteiger charge is -2.22. The SMILES string of the molecule is CC(C)=CC1C(C(=O)N(CCO)C2CC2)C1(C)C. The number of aliphatic hydroxyl groups excluding tert-OH is 1. The van der Waals surface area contributed by atoms with Gasteiger partial charge in [-0.05, 0) is 38.0 Å². The van der Waals surface area contributed by atoms with Gasteiger partial charge in [0.15, 0.2) is 0 Å². The Morgan fingerprint density at radius 1 is 1.39 bits per heavy atom. The lowest BCUT2D eigenvalue weighted by atomic mass is 10.1. The Morgan fingerprint density at radius 2 is 2.00 bits per heavy atom. The highest BCUT2D eigenvalue weighted by molar-refractivity contribution is 5.84. The number of nitrogens with zero attached hydrogens (tertiary/aromatic N) is 1. The number of hydrogen-bond donors (Lipinski definition) is 1. The maximum atomic E-state index is 12.6. The standard InChI is InChI=1S/C15H25NO2/c1-10(2)9-12-13(15(12,3)4)14(18)16(7-8-17)11-5-6-11/h9,11-13,17H,5-8H2,1-4H3. The van der Waals surface area contributed by atoms with E-state index >= 15 is 0 Å². The van der Waals surface area contributed by atoms with Gasteiger partial charge in [-0.3, -0.25) is 4.79 Å². The van der Waals surface area contributed by atoms with Gasteiger partial charge in [0.1, 0.15) is 0 Å². The van der Waals surface area contributed by atoms with Crippen molar-refractivity contribution in [3.8, 4) is 0 Å². The summed E-state index contributed by atoms with van der Waals surface area (Å²) < 4.78 is 0. The molecule has 2 saturated carbocycles. The number of amides is 1. The first-order valence-corrected chi connectivity index (χ1v) is 6.96. The van der Waals surface area contributed by atoms with E-state index < -0.39 is 0 Å². The smallest absolute Gasteiger partial charge is 0.227 e. The largest absolute Gasteiger partial charge is 0.395 e. The van der Waals surface area contributed by atoms with Gasteiger partial charge in [-0.2, -0.15) is 0 Å². The molecule has 2 rings (SSSR count). The Hall–Kier alpha value is -0.830. The fourth-order valence-electron chi connectivity index (χ4n) is 2.96. The highest BCUT2D eigenvalue weighted by Gasteiger charge is 2.61. The van der Waals surface area contributed by atoms with Gasteiger partial charge < -0.3 is 10.0 Å². The molecule has 3 heteroatoms. The van der Waals surface area contributed by atoms with Crippen molar-refractivity contribution in [1.29, 1.82) is 0 Å². The average molecular weight is 251 g/mol. The molecule has 1 amide bonds. The molecule has 102 valence electrons. The highest BCUT2D eigenvalue weighted by Crippen LogP contribution is 2.60. The third kappa shape index (κ3) is 2.46. The Labute approximate surface area is 110 Å². The van der Waals surface area contributed by atoms with Crippen LogP contribution in [0.5, 0.6) is 0 Å². The first-order valence-electron chi connectivity index (χ1n) is 6.96. The van der Waals surface area contributed by atoms with Crippen LogP contribution in [0.1, 0.15) is 40.5 Å². The lowest BCUT2D eigenvalue weighted by molar-refractivity contribution is -0.134. The number of carbonyl (C=O) groups excluding carboxylic acids is 1. The summed E-state index contributed by atoms with van der Waals surface area (Å²) >= 11 is 0. The molecule has 0 radical (unpaired) electrons. The Balaban J connectivity index is 2.07. The lowest BCUT2D eigenvalue weighted by Crippen LogP contribution is -2.37. The summed E-state index contributed by atoms with van der Waals surface area (Å²) in [7, 11) is 0. The number of hydrogen-bond acceptors (Lipinski definition) is 2. The van der Waals surface area contributed by atoms with Crippen LogP contribution in [0.25, 0.3) is 0 Å². The van der Waals surface area contributed by atoms with Crippen LogP contribution in [0.2, 0.25) is 0 Å². The summed E-state index contributed by atoms with van der Waals surface area (Å²) in [5, 5.41) is 9.10. The Bertz CT molecular complexity index is 365. The molecule has 2 unspecified atom stereocenters. The van der Waals surface area contributed by atoms with Gasteiger partial charge in [0.05, 0.1) is 12.5 Å². The molecule has 0 aromatic rings. The minimum Gasteiger partial charge on any atom is -0.395 e. The second-order valence-electron chi connectivity index (χ2n) is 6.56. The molecule has 0 saturated heterocycles. The Morgan fingerprint density at radius 3 is 2.44 bits per heavy atom. The molecular formula is C15H25NO2. The molecule has 0 heterocycles. The molecule has 2 aliphatic carbocycles. The van der Waals surface area contributed by atoms with Crippen molar-refractivity contribution < 1.29 is 9.90 Å². The summed E-state index contributed by atoms with van der Waals surface area (Å²) in [5.74, 6) is 0.730. The van der Waals surface area contributed by atoms with Crippen molar-refractivity contribution in [3.05, 3.63) is 11.6 Å². The van der Waals surface area contributed by atoms with Crippen LogP contribution in [-0.2, 0) is 4.79 Å². The van der Waals surface area contributed by atoms with Gasteiger partial charge in [-0.15, -0.1) is 0 Å². The van der Waals surface area contributed by atoms with Gasteiger partial charge in [0.25, 0.3) is 0 Å². The van der Waals surface area contributed by atoms with E-state index in [9.17, 15) is 4.79 Å². The van der Waals surface area contributed by atoms with Gasteiger partial charge in [0.2, 0.25) is 5.91 Å². The topological polar surface area (TPSA) is 40.5 Å². The zero-order chi connectivity index (χ0) is 13.5. The molecule has 0 aromatic heterocycles. The number of carbonyl (C=O) groups is 1. The third-order valence-electron chi connectivity index (χ3n) is 4.30. The van der Waals surface area contributed by atoms with E-state index in [1.165, 1.54) is 5.57 Å². The summed E-state index contributed by atoms with van der Waals surface area (Å²) in [6, 6.07) is 0.397. The maximum absolute atomic E-state index is 12.6. The maximum Gasteiger partial charge on any atom is 0.227 e. The molecule has 0 aromatic carbocycles. The van der Waals surface area contributed by atoms with E-state index in [0.717, 1.165) is 12.8 Å². The van der Waals surface area contributed by atoms with Gasteiger partial charge in [-0.25, -0.2) is 0 Å². The van der Waals surface area contributed by atoms with Crippen molar-refractivity contribution in [2.75, 3.05) is 13.2 Å². The summed E-state index contributed by atoms with van der Waals surface area (Å²) in [6.07, 6.45) is 4.44. The summed E-state index contributed by atoms with van der Waals surface area (Å²) in [4.78, 5) is 14.5. The van der Waals surface area contributed by atoms with E-state index in [1.807, 2.05) is 4.90 Å². The van der Waals surface area contributed by atoms with Crippen LogP contribution in [0.4, 0.5) is 0 Å². The average Bonchev–Trinajstić information content (AvgIpc) is 3.14. The second-order valence-corrected chi connectivity index (χ2v) is 6.56. The minimum atomic E-state index is 0.0721. The molecule has 2 atom stereocenters. The highest BCUT2D eigenvalue weighted by atomic mass is 16.3. The normalized spacial score (nSPS) is 28.7. The molecule has 1 N–H and O–H groups in total. The number of aliphatic hydroxyl groups is 1. The predicted octanol–water partition coefficient (Wildman–Crippen LogP) is 2.21. The molecule has 0 bridgehead atoms. The third-order valence-corrected chi connectivity index (χ3v) is 4.30. The van der Waals surface area contributed by atoms with Crippen LogP contribution in [-0.4, -0.2) is 35.1 Å². The van der Waals surface area contributed by atoms with E-state index in [2.05, 4.69) is 33.8 Å². The zero-order valence-electron chi connectivity index (χ0n) is 11.9.